The minimum Gasteiger partial charge on any atom is -0.392 e. The summed E-state index contributed by atoms with van der Waals surface area (Å²) < 4.78 is 0. The van der Waals surface area contributed by atoms with Crippen molar-refractivity contribution in [2.24, 2.45) is 27.9 Å². The summed E-state index contributed by atoms with van der Waals surface area (Å²) in [6, 6.07) is 0.262. The number of hydrogen-bond acceptors (Lipinski definition) is 2. The lowest BCUT2D eigenvalue weighted by Gasteiger charge is -2.43. The molecule has 0 radical (unpaired) electrons. The van der Waals surface area contributed by atoms with Gasteiger partial charge in [0.05, 0.1) is 10.4 Å². The first-order chi connectivity index (χ1) is 8.72. The molecule has 4 heteroatoms. The molecular weight excluding hydrogens is 256 g/mol. The molecule has 19 heavy (non-hydrogen) atoms. The number of thiocarbonyl (C=S) groups is 1. The van der Waals surface area contributed by atoms with Gasteiger partial charge in [0.25, 0.3) is 0 Å². The first-order valence-electron chi connectivity index (χ1n) is 7.33. The monoisotopic (exact) mass is 280 g/mol. The van der Waals surface area contributed by atoms with Crippen molar-refractivity contribution in [2.45, 2.75) is 58.9 Å². The SMILES string of the molecule is CC12CCC(C1)C(C)(C)C2NC(=O)C1(C(N)=S)CC1. The van der Waals surface area contributed by atoms with E-state index in [4.69, 9.17) is 18.0 Å². The van der Waals surface area contributed by atoms with Crippen molar-refractivity contribution in [1.29, 1.82) is 0 Å². The fourth-order valence-corrected chi connectivity index (χ4v) is 4.94. The van der Waals surface area contributed by atoms with Gasteiger partial charge in [-0.05, 0) is 48.9 Å². The van der Waals surface area contributed by atoms with E-state index in [0.717, 1.165) is 18.8 Å². The predicted molar refractivity (Wildman–Crippen MR) is 79.6 cm³/mol. The number of hydrogen-bond donors (Lipinski definition) is 2. The maximum Gasteiger partial charge on any atom is 0.233 e. The van der Waals surface area contributed by atoms with Gasteiger partial charge in [-0.25, -0.2) is 0 Å². The van der Waals surface area contributed by atoms with Crippen LogP contribution < -0.4 is 11.1 Å². The summed E-state index contributed by atoms with van der Waals surface area (Å²) in [5.74, 6) is 0.814. The molecule has 3 N–H and O–H groups in total. The van der Waals surface area contributed by atoms with Gasteiger partial charge in [0.15, 0.2) is 0 Å². The molecule has 0 saturated heterocycles. The van der Waals surface area contributed by atoms with Crippen molar-refractivity contribution in [3.8, 4) is 0 Å². The summed E-state index contributed by atoms with van der Waals surface area (Å²) in [5.41, 5.74) is 5.68. The molecule has 0 aromatic heterocycles. The Morgan fingerprint density at radius 1 is 1.26 bits per heavy atom. The molecule has 0 spiro atoms. The minimum absolute atomic E-state index is 0.0758. The number of carbonyl (C=O) groups is 1. The van der Waals surface area contributed by atoms with Crippen LogP contribution in [0, 0.1) is 22.2 Å². The van der Waals surface area contributed by atoms with Gasteiger partial charge in [-0.15, -0.1) is 0 Å². The fraction of sp³-hybridized carbons (Fsp3) is 0.867. The molecule has 3 nitrogen and oxygen atoms in total. The Bertz CT molecular complexity index is 450. The molecule has 3 fully saturated rings. The summed E-state index contributed by atoms with van der Waals surface area (Å²) in [5, 5.41) is 3.32. The second kappa shape index (κ2) is 3.72. The maximum absolute atomic E-state index is 12.6. The third kappa shape index (κ3) is 1.68. The molecule has 3 saturated carbocycles. The summed E-state index contributed by atoms with van der Waals surface area (Å²) in [6.07, 6.45) is 5.41. The van der Waals surface area contributed by atoms with Gasteiger partial charge in [-0.1, -0.05) is 33.0 Å². The minimum atomic E-state index is -0.524. The predicted octanol–water partition coefficient (Wildman–Crippen LogP) is 2.38. The molecule has 3 unspecified atom stereocenters. The highest BCUT2D eigenvalue weighted by Crippen LogP contribution is 2.62. The van der Waals surface area contributed by atoms with E-state index >= 15 is 0 Å². The van der Waals surface area contributed by atoms with Crippen LogP contribution in [-0.4, -0.2) is 16.9 Å². The topological polar surface area (TPSA) is 55.1 Å². The third-order valence-electron chi connectivity index (χ3n) is 6.20. The molecule has 1 amide bonds. The van der Waals surface area contributed by atoms with Gasteiger partial charge in [-0.2, -0.15) is 0 Å². The number of nitrogens with two attached hydrogens (primary N) is 1. The normalized spacial score (nSPS) is 41.0. The Labute approximate surface area is 120 Å². The third-order valence-corrected chi connectivity index (χ3v) is 6.59. The van der Waals surface area contributed by atoms with E-state index in [-0.39, 0.29) is 22.8 Å². The standard InChI is InChI=1S/C15H24N2OS/c1-13(2)9-4-5-14(3,8-9)10(13)17-12(18)15(6-7-15)11(16)19/h9-10H,4-8H2,1-3H3,(H2,16,19)(H,17,18). The van der Waals surface area contributed by atoms with Crippen LogP contribution >= 0.6 is 12.2 Å². The molecule has 3 aliphatic carbocycles. The van der Waals surface area contributed by atoms with Crippen molar-refractivity contribution in [1.82, 2.24) is 5.32 Å². The molecule has 0 aromatic rings. The second-order valence-electron chi connectivity index (χ2n) is 7.77. The summed E-state index contributed by atoms with van der Waals surface area (Å²) in [7, 11) is 0. The zero-order chi connectivity index (χ0) is 14.1. The van der Waals surface area contributed by atoms with Crippen LogP contribution in [0.5, 0.6) is 0 Å². The Balaban J connectivity index is 1.80. The van der Waals surface area contributed by atoms with Crippen molar-refractivity contribution in [3.05, 3.63) is 0 Å². The van der Waals surface area contributed by atoms with Crippen LogP contribution in [0.4, 0.5) is 0 Å². The van der Waals surface area contributed by atoms with Gasteiger partial charge in [0.1, 0.15) is 0 Å². The average Bonchev–Trinajstić information content (AvgIpc) is 2.99. The quantitative estimate of drug-likeness (QED) is 0.780. The largest absolute Gasteiger partial charge is 0.392 e. The molecular formula is C15H24N2OS. The van der Waals surface area contributed by atoms with Gasteiger partial charge >= 0.3 is 0 Å². The lowest BCUT2D eigenvalue weighted by Crippen LogP contribution is -2.55. The number of nitrogens with one attached hydrogen (secondary N) is 1. The molecule has 3 aliphatic rings. The Kier molecular flexibility index (Phi) is 2.61. The summed E-state index contributed by atoms with van der Waals surface area (Å²) in [6.45, 7) is 6.92. The van der Waals surface area contributed by atoms with Crippen molar-refractivity contribution < 1.29 is 4.79 Å². The second-order valence-corrected chi connectivity index (χ2v) is 8.21. The first-order valence-corrected chi connectivity index (χ1v) is 7.74. The Hall–Kier alpha value is -0.640. The van der Waals surface area contributed by atoms with Crippen LogP contribution in [0.1, 0.15) is 52.9 Å². The van der Waals surface area contributed by atoms with Crippen LogP contribution in [0.25, 0.3) is 0 Å². The maximum atomic E-state index is 12.6. The van der Waals surface area contributed by atoms with Crippen LogP contribution in [0.15, 0.2) is 0 Å². The van der Waals surface area contributed by atoms with Crippen molar-refractivity contribution >= 4 is 23.1 Å². The first kappa shape index (κ1) is 13.3. The molecule has 3 atom stereocenters. The number of rotatable bonds is 3. The van der Waals surface area contributed by atoms with E-state index in [0.29, 0.717) is 4.99 Å². The van der Waals surface area contributed by atoms with E-state index in [2.05, 4.69) is 26.1 Å². The summed E-state index contributed by atoms with van der Waals surface area (Å²) in [4.78, 5) is 12.9. The van der Waals surface area contributed by atoms with Crippen molar-refractivity contribution in [2.75, 3.05) is 0 Å². The molecule has 0 aromatic carbocycles. The lowest BCUT2D eigenvalue weighted by molar-refractivity contribution is -0.126. The van der Waals surface area contributed by atoms with E-state index < -0.39 is 5.41 Å². The molecule has 106 valence electrons. The number of fused-ring (bicyclic) bond motifs is 2. The molecule has 2 bridgehead atoms. The highest BCUT2D eigenvalue weighted by Gasteiger charge is 2.62. The number of amides is 1. The highest BCUT2D eigenvalue weighted by molar-refractivity contribution is 7.80. The van der Waals surface area contributed by atoms with Crippen LogP contribution in [0.2, 0.25) is 0 Å². The van der Waals surface area contributed by atoms with Gasteiger partial charge in [0, 0.05) is 6.04 Å². The van der Waals surface area contributed by atoms with E-state index in [1.54, 1.807) is 0 Å². The molecule has 3 rings (SSSR count). The van der Waals surface area contributed by atoms with Crippen LogP contribution in [-0.2, 0) is 4.79 Å². The Morgan fingerprint density at radius 2 is 1.89 bits per heavy atom. The van der Waals surface area contributed by atoms with Crippen molar-refractivity contribution in [3.63, 3.8) is 0 Å². The lowest BCUT2D eigenvalue weighted by atomic mass is 9.68. The van der Waals surface area contributed by atoms with Crippen LogP contribution in [0.3, 0.4) is 0 Å². The van der Waals surface area contributed by atoms with E-state index in [9.17, 15) is 4.79 Å². The van der Waals surface area contributed by atoms with E-state index in [1.165, 1.54) is 19.3 Å². The smallest absolute Gasteiger partial charge is 0.233 e. The fourth-order valence-electron chi connectivity index (χ4n) is 4.64. The zero-order valence-electron chi connectivity index (χ0n) is 12.1. The van der Waals surface area contributed by atoms with Gasteiger partial charge < -0.3 is 11.1 Å². The van der Waals surface area contributed by atoms with Gasteiger partial charge in [0.2, 0.25) is 5.91 Å². The summed E-state index contributed by atoms with van der Waals surface area (Å²) >= 11 is 5.08. The number of carbonyl (C=O) groups excluding carboxylic acids is 1. The molecule has 0 aliphatic heterocycles. The highest BCUT2D eigenvalue weighted by atomic mass is 32.1. The average molecular weight is 280 g/mol. The Morgan fingerprint density at radius 3 is 2.32 bits per heavy atom. The van der Waals surface area contributed by atoms with E-state index in [1.807, 2.05) is 0 Å². The molecule has 0 heterocycles. The van der Waals surface area contributed by atoms with Gasteiger partial charge in [-0.3, -0.25) is 4.79 Å². The zero-order valence-corrected chi connectivity index (χ0v) is 12.9.